The van der Waals surface area contributed by atoms with Crippen LogP contribution in [0.5, 0.6) is 0 Å². The average Bonchev–Trinajstić information content (AvgIpc) is 3.16. The molecule has 0 aliphatic carbocycles. The van der Waals surface area contributed by atoms with E-state index in [0.717, 1.165) is 15.8 Å². The van der Waals surface area contributed by atoms with E-state index in [0.29, 0.717) is 21.4 Å². The molecule has 0 radical (unpaired) electrons. The van der Waals surface area contributed by atoms with Gasteiger partial charge in [0, 0.05) is 16.2 Å². The van der Waals surface area contributed by atoms with Crippen molar-refractivity contribution in [3.8, 4) is 5.69 Å². The van der Waals surface area contributed by atoms with Crippen LogP contribution in [0.1, 0.15) is 15.4 Å². The van der Waals surface area contributed by atoms with E-state index < -0.39 is 0 Å². The number of amides is 1. The van der Waals surface area contributed by atoms with Crippen LogP contribution in [-0.4, -0.2) is 15.7 Å². The summed E-state index contributed by atoms with van der Waals surface area (Å²) in [5.74, 6) is -0.146. The Hall–Kier alpha value is -2.70. The average molecular weight is 386 g/mol. The second kappa shape index (κ2) is 6.55. The van der Waals surface area contributed by atoms with Crippen LogP contribution in [0.15, 0.2) is 54.6 Å². The van der Waals surface area contributed by atoms with Crippen molar-refractivity contribution in [2.75, 3.05) is 5.32 Å². The number of halogens is 2. The van der Waals surface area contributed by atoms with Crippen LogP contribution in [-0.2, 0) is 0 Å². The summed E-state index contributed by atoms with van der Waals surface area (Å²) in [5.41, 5.74) is 1.38. The van der Waals surface area contributed by atoms with E-state index in [1.807, 2.05) is 31.2 Å². The van der Waals surface area contributed by atoms with Crippen molar-refractivity contribution in [1.82, 2.24) is 9.78 Å². The van der Waals surface area contributed by atoms with Gasteiger partial charge in [0.05, 0.1) is 16.4 Å². The highest BCUT2D eigenvalue weighted by Gasteiger charge is 2.19. The molecule has 0 aliphatic heterocycles. The third-order valence-electron chi connectivity index (χ3n) is 3.89. The summed E-state index contributed by atoms with van der Waals surface area (Å²) in [6, 6.07) is 15.3. The van der Waals surface area contributed by atoms with E-state index in [1.165, 1.54) is 23.5 Å². The van der Waals surface area contributed by atoms with Gasteiger partial charge in [-0.2, -0.15) is 5.10 Å². The molecule has 0 unspecified atom stereocenters. The van der Waals surface area contributed by atoms with Gasteiger partial charge in [-0.05, 0) is 37.3 Å². The van der Waals surface area contributed by atoms with E-state index in [1.54, 1.807) is 22.9 Å². The number of thiophene rings is 1. The van der Waals surface area contributed by atoms with Crippen LogP contribution < -0.4 is 5.32 Å². The first-order valence-corrected chi connectivity index (χ1v) is 9.03. The van der Waals surface area contributed by atoms with E-state index in [9.17, 15) is 9.18 Å². The second-order valence-electron chi connectivity index (χ2n) is 5.75. The normalized spacial score (nSPS) is 11.0. The Morgan fingerprint density at radius 3 is 2.65 bits per heavy atom. The first kappa shape index (κ1) is 16.8. The van der Waals surface area contributed by atoms with E-state index in [-0.39, 0.29) is 11.7 Å². The Bertz CT molecular complexity index is 1120. The number of carbonyl (C=O) groups excluding carboxylic acids is 1. The molecule has 0 spiro atoms. The number of carbonyl (C=O) groups is 1. The molecule has 4 aromatic rings. The SMILES string of the molecule is Cc1cc(NC(=O)c2sc3ccccc3c2Cl)n(-c2ccc(F)cc2)n1. The molecule has 7 heteroatoms. The van der Waals surface area contributed by atoms with E-state index >= 15 is 0 Å². The van der Waals surface area contributed by atoms with Crippen molar-refractivity contribution in [2.24, 2.45) is 0 Å². The predicted molar refractivity (Wildman–Crippen MR) is 103 cm³/mol. The van der Waals surface area contributed by atoms with Crippen LogP contribution in [0.3, 0.4) is 0 Å². The molecular weight excluding hydrogens is 373 g/mol. The van der Waals surface area contributed by atoms with Gasteiger partial charge in [-0.3, -0.25) is 4.79 Å². The summed E-state index contributed by atoms with van der Waals surface area (Å²) in [5, 5.41) is 8.52. The molecule has 0 saturated heterocycles. The largest absolute Gasteiger partial charge is 0.306 e. The van der Waals surface area contributed by atoms with Crippen molar-refractivity contribution in [3.63, 3.8) is 0 Å². The monoisotopic (exact) mass is 385 g/mol. The maximum atomic E-state index is 13.2. The van der Waals surface area contributed by atoms with Gasteiger partial charge in [0.2, 0.25) is 0 Å². The molecule has 1 amide bonds. The third kappa shape index (κ3) is 2.98. The number of aromatic nitrogens is 2. The van der Waals surface area contributed by atoms with Gasteiger partial charge < -0.3 is 5.32 Å². The fourth-order valence-corrected chi connectivity index (χ4v) is 4.11. The number of aryl methyl sites for hydroxylation is 1. The third-order valence-corrected chi connectivity index (χ3v) is 5.56. The summed E-state index contributed by atoms with van der Waals surface area (Å²) < 4.78 is 15.7. The molecule has 4 nitrogen and oxygen atoms in total. The Balaban J connectivity index is 1.70. The van der Waals surface area contributed by atoms with Gasteiger partial charge in [-0.15, -0.1) is 11.3 Å². The number of hydrogen-bond acceptors (Lipinski definition) is 3. The number of nitrogens with zero attached hydrogens (tertiary/aromatic N) is 2. The molecule has 0 saturated carbocycles. The summed E-state index contributed by atoms with van der Waals surface area (Å²) in [4.78, 5) is 13.2. The van der Waals surface area contributed by atoms with Gasteiger partial charge in [-0.1, -0.05) is 29.8 Å². The minimum atomic E-state index is -0.333. The zero-order chi connectivity index (χ0) is 18.3. The number of anilines is 1. The van der Waals surface area contributed by atoms with Crippen LogP contribution in [0, 0.1) is 12.7 Å². The standard InChI is InChI=1S/C19H13ClFN3OS/c1-11-10-16(24(23-11)13-8-6-12(21)7-9-13)22-19(25)18-17(20)14-4-2-3-5-15(14)26-18/h2-10H,1H3,(H,22,25). The highest BCUT2D eigenvalue weighted by molar-refractivity contribution is 7.21. The minimum absolute atomic E-state index is 0.306. The lowest BCUT2D eigenvalue weighted by atomic mass is 10.2. The van der Waals surface area contributed by atoms with Crippen molar-refractivity contribution in [2.45, 2.75) is 6.92 Å². The molecule has 130 valence electrons. The first-order valence-electron chi connectivity index (χ1n) is 7.84. The molecule has 2 aromatic heterocycles. The molecule has 0 bridgehead atoms. The van der Waals surface area contributed by atoms with Crippen molar-refractivity contribution in [1.29, 1.82) is 0 Å². The summed E-state index contributed by atoms with van der Waals surface area (Å²) >= 11 is 7.72. The zero-order valence-corrected chi connectivity index (χ0v) is 15.2. The highest BCUT2D eigenvalue weighted by atomic mass is 35.5. The number of fused-ring (bicyclic) bond motifs is 1. The number of rotatable bonds is 3. The van der Waals surface area contributed by atoms with Gasteiger partial charge in [0.1, 0.15) is 16.5 Å². The van der Waals surface area contributed by atoms with Gasteiger partial charge >= 0.3 is 0 Å². The number of hydrogen-bond donors (Lipinski definition) is 1. The Morgan fingerprint density at radius 1 is 1.19 bits per heavy atom. The first-order chi connectivity index (χ1) is 12.5. The lowest BCUT2D eigenvalue weighted by Crippen LogP contribution is -2.14. The van der Waals surface area contributed by atoms with Crippen molar-refractivity contribution in [3.05, 3.63) is 76.0 Å². The fourth-order valence-electron chi connectivity index (χ4n) is 2.70. The molecule has 0 fully saturated rings. The Labute approximate surface area is 157 Å². The van der Waals surface area contributed by atoms with Crippen molar-refractivity contribution < 1.29 is 9.18 Å². The fraction of sp³-hybridized carbons (Fsp3) is 0.0526. The van der Waals surface area contributed by atoms with Crippen molar-refractivity contribution >= 4 is 44.7 Å². The summed E-state index contributed by atoms with van der Waals surface area (Å²) in [6.07, 6.45) is 0. The quantitative estimate of drug-likeness (QED) is 0.510. The molecule has 0 aliphatic rings. The predicted octanol–water partition coefficient (Wildman–Crippen LogP) is 5.44. The maximum absolute atomic E-state index is 13.2. The molecule has 1 N–H and O–H groups in total. The van der Waals surface area contributed by atoms with Gasteiger partial charge in [0.25, 0.3) is 5.91 Å². The van der Waals surface area contributed by atoms with Gasteiger partial charge in [-0.25, -0.2) is 9.07 Å². The molecular formula is C19H13ClFN3OS. The molecule has 4 rings (SSSR count). The van der Waals surface area contributed by atoms with E-state index in [2.05, 4.69) is 10.4 Å². The molecule has 0 atom stereocenters. The number of benzene rings is 2. The zero-order valence-electron chi connectivity index (χ0n) is 13.7. The smallest absolute Gasteiger partial charge is 0.268 e. The topological polar surface area (TPSA) is 46.9 Å². The number of nitrogens with one attached hydrogen (secondary N) is 1. The molecule has 2 heterocycles. The lowest BCUT2D eigenvalue weighted by Gasteiger charge is -2.08. The summed E-state index contributed by atoms with van der Waals surface area (Å²) in [7, 11) is 0. The van der Waals surface area contributed by atoms with Crippen LogP contribution >= 0.6 is 22.9 Å². The molecule has 2 aromatic carbocycles. The Morgan fingerprint density at radius 2 is 1.92 bits per heavy atom. The van der Waals surface area contributed by atoms with Gasteiger partial charge in [0.15, 0.2) is 0 Å². The Kier molecular flexibility index (Phi) is 4.22. The van der Waals surface area contributed by atoms with E-state index in [4.69, 9.17) is 11.6 Å². The second-order valence-corrected chi connectivity index (χ2v) is 7.18. The maximum Gasteiger partial charge on any atom is 0.268 e. The van der Waals surface area contributed by atoms with Crippen LogP contribution in [0.25, 0.3) is 15.8 Å². The summed E-state index contributed by atoms with van der Waals surface area (Å²) in [6.45, 7) is 1.82. The minimum Gasteiger partial charge on any atom is -0.306 e. The highest BCUT2D eigenvalue weighted by Crippen LogP contribution is 2.35. The van der Waals surface area contributed by atoms with Crippen LogP contribution in [0.4, 0.5) is 10.2 Å². The van der Waals surface area contributed by atoms with Crippen LogP contribution in [0.2, 0.25) is 5.02 Å². The molecule has 26 heavy (non-hydrogen) atoms. The lowest BCUT2D eigenvalue weighted by molar-refractivity contribution is 0.103.